The van der Waals surface area contributed by atoms with Crippen molar-refractivity contribution in [2.24, 2.45) is 5.92 Å². The molecule has 1 aliphatic carbocycles. The number of anilines is 1. The summed E-state index contributed by atoms with van der Waals surface area (Å²) in [5.41, 5.74) is 4.55. The molecule has 0 fully saturated rings. The summed E-state index contributed by atoms with van der Waals surface area (Å²) >= 11 is 0. The molecule has 2 heteroatoms. The van der Waals surface area contributed by atoms with Crippen LogP contribution in [0.25, 0.3) is 0 Å². The van der Waals surface area contributed by atoms with E-state index < -0.39 is 0 Å². The normalized spacial score (nSPS) is 17.1. The summed E-state index contributed by atoms with van der Waals surface area (Å²) in [5, 5.41) is 0. The molecule has 0 N–H and O–H groups in total. The first-order chi connectivity index (χ1) is 9.65. The lowest BCUT2D eigenvalue weighted by Crippen LogP contribution is -2.12. The molecule has 0 saturated heterocycles. The molecule has 20 heavy (non-hydrogen) atoms. The number of hydrogen-bond donors (Lipinski definition) is 0. The lowest BCUT2D eigenvalue weighted by Gasteiger charge is -2.13. The van der Waals surface area contributed by atoms with Gasteiger partial charge in [0.2, 0.25) is 0 Å². The van der Waals surface area contributed by atoms with E-state index in [0.29, 0.717) is 5.78 Å². The highest BCUT2D eigenvalue weighted by Crippen LogP contribution is 2.29. The Bertz CT molecular complexity index is 628. The standard InChI is InChI=1S/C18H19NO/c1-19(2)16-9-7-13(8-10-16)11-15-12-14-5-3-4-6-17(14)18(15)20/h3-10,15H,11-12H2,1-2H3/t15-/m1/s1. The molecule has 0 spiro atoms. The molecule has 2 nitrogen and oxygen atoms in total. The van der Waals surface area contributed by atoms with Gasteiger partial charge in [-0.2, -0.15) is 0 Å². The fourth-order valence-electron chi connectivity index (χ4n) is 2.90. The molecule has 0 aromatic heterocycles. The highest BCUT2D eigenvalue weighted by atomic mass is 16.1. The summed E-state index contributed by atoms with van der Waals surface area (Å²) in [4.78, 5) is 14.5. The molecule has 3 rings (SSSR count). The molecule has 0 aliphatic heterocycles. The smallest absolute Gasteiger partial charge is 0.166 e. The Morgan fingerprint density at radius 3 is 2.40 bits per heavy atom. The van der Waals surface area contributed by atoms with Crippen LogP contribution in [0.4, 0.5) is 5.69 Å². The predicted octanol–water partition coefficient (Wildman–Crippen LogP) is 3.35. The highest BCUT2D eigenvalue weighted by molar-refractivity contribution is 6.02. The number of ketones is 1. The third kappa shape index (κ3) is 2.34. The second-order valence-corrected chi connectivity index (χ2v) is 5.69. The van der Waals surface area contributed by atoms with Gasteiger partial charge in [0.05, 0.1) is 0 Å². The minimum Gasteiger partial charge on any atom is -0.378 e. The Hall–Kier alpha value is -2.09. The summed E-state index contributed by atoms with van der Waals surface area (Å²) in [6, 6.07) is 16.5. The van der Waals surface area contributed by atoms with Crippen LogP contribution in [-0.4, -0.2) is 19.9 Å². The zero-order valence-corrected chi connectivity index (χ0v) is 12.0. The molecule has 0 unspecified atom stereocenters. The van der Waals surface area contributed by atoms with Gasteiger partial charge in [0, 0.05) is 31.3 Å². The van der Waals surface area contributed by atoms with Gasteiger partial charge >= 0.3 is 0 Å². The highest BCUT2D eigenvalue weighted by Gasteiger charge is 2.29. The number of Topliss-reactive ketones (excluding diaryl/α,β-unsaturated/α-hetero) is 1. The molecule has 2 aromatic rings. The first kappa shape index (κ1) is 12.9. The minimum absolute atomic E-state index is 0.109. The van der Waals surface area contributed by atoms with E-state index in [1.165, 1.54) is 16.8 Å². The van der Waals surface area contributed by atoms with E-state index in [-0.39, 0.29) is 5.92 Å². The van der Waals surface area contributed by atoms with Crippen molar-refractivity contribution in [3.63, 3.8) is 0 Å². The first-order valence-corrected chi connectivity index (χ1v) is 7.03. The Kier molecular flexibility index (Phi) is 3.31. The minimum atomic E-state index is 0.109. The van der Waals surface area contributed by atoms with Crippen molar-refractivity contribution in [2.75, 3.05) is 19.0 Å². The van der Waals surface area contributed by atoms with Crippen molar-refractivity contribution in [1.29, 1.82) is 0 Å². The molecule has 0 bridgehead atoms. The second kappa shape index (κ2) is 5.12. The van der Waals surface area contributed by atoms with Crippen LogP contribution in [0.1, 0.15) is 21.5 Å². The fraction of sp³-hybridized carbons (Fsp3) is 0.278. The van der Waals surface area contributed by atoms with Crippen LogP contribution in [0.5, 0.6) is 0 Å². The van der Waals surface area contributed by atoms with E-state index >= 15 is 0 Å². The van der Waals surface area contributed by atoms with Gasteiger partial charge in [0.15, 0.2) is 5.78 Å². The molecular formula is C18H19NO. The van der Waals surface area contributed by atoms with E-state index in [0.717, 1.165) is 18.4 Å². The lowest BCUT2D eigenvalue weighted by molar-refractivity contribution is 0.0936. The van der Waals surface area contributed by atoms with Gasteiger partial charge in [-0.25, -0.2) is 0 Å². The molecule has 1 aliphatic rings. The Labute approximate surface area is 120 Å². The van der Waals surface area contributed by atoms with E-state index in [2.05, 4.69) is 35.2 Å². The molecular weight excluding hydrogens is 246 g/mol. The van der Waals surface area contributed by atoms with Crippen molar-refractivity contribution in [2.45, 2.75) is 12.8 Å². The van der Waals surface area contributed by atoms with Gasteiger partial charge in [-0.15, -0.1) is 0 Å². The number of carbonyl (C=O) groups is 1. The molecule has 0 radical (unpaired) electrons. The monoisotopic (exact) mass is 265 g/mol. The van der Waals surface area contributed by atoms with Crippen LogP contribution < -0.4 is 4.90 Å². The van der Waals surface area contributed by atoms with Gasteiger partial charge in [-0.05, 0) is 36.1 Å². The number of nitrogens with zero attached hydrogens (tertiary/aromatic N) is 1. The molecule has 0 amide bonds. The van der Waals surface area contributed by atoms with Crippen molar-refractivity contribution in [3.05, 3.63) is 65.2 Å². The first-order valence-electron chi connectivity index (χ1n) is 7.03. The Morgan fingerprint density at radius 1 is 1.05 bits per heavy atom. The van der Waals surface area contributed by atoms with Crippen LogP contribution >= 0.6 is 0 Å². The van der Waals surface area contributed by atoms with Crippen LogP contribution in [-0.2, 0) is 12.8 Å². The number of fused-ring (bicyclic) bond motifs is 1. The summed E-state index contributed by atoms with van der Waals surface area (Å²) in [7, 11) is 4.07. The van der Waals surface area contributed by atoms with Gasteiger partial charge in [0.25, 0.3) is 0 Å². The maximum Gasteiger partial charge on any atom is 0.166 e. The number of carbonyl (C=O) groups excluding carboxylic acids is 1. The average molecular weight is 265 g/mol. The average Bonchev–Trinajstić information content (AvgIpc) is 2.77. The number of hydrogen-bond acceptors (Lipinski definition) is 2. The fourth-order valence-corrected chi connectivity index (χ4v) is 2.90. The molecule has 1 atom stereocenters. The van der Waals surface area contributed by atoms with E-state index in [4.69, 9.17) is 0 Å². The predicted molar refractivity (Wildman–Crippen MR) is 82.4 cm³/mol. The topological polar surface area (TPSA) is 20.3 Å². The lowest BCUT2D eigenvalue weighted by atomic mass is 9.95. The van der Waals surface area contributed by atoms with Gasteiger partial charge in [-0.1, -0.05) is 36.4 Å². The molecule has 0 heterocycles. The van der Waals surface area contributed by atoms with E-state index in [1.54, 1.807) is 0 Å². The maximum atomic E-state index is 12.4. The van der Waals surface area contributed by atoms with Crippen molar-refractivity contribution in [1.82, 2.24) is 0 Å². The van der Waals surface area contributed by atoms with Crippen molar-refractivity contribution >= 4 is 11.5 Å². The van der Waals surface area contributed by atoms with Gasteiger partial charge in [0.1, 0.15) is 0 Å². The van der Waals surface area contributed by atoms with Gasteiger partial charge < -0.3 is 4.90 Å². The summed E-state index contributed by atoms with van der Waals surface area (Å²) in [5.74, 6) is 0.412. The van der Waals surface area contributed by atoms with Gasteiger partial charge in [-0.3, -0.25) is 4.79 Å². The number of benzene rings is 2. The summed E-state index contributed by atoms with van der Waals surface area (Å²) < 4.78 is 0. The van der Waals surface area contributed by atoms with E-state index in [9.17, 15) is 4.79 Å². The van der Waals surface area contributed by atoms with Crippen LogP contribution in [0.2, 0.25) is 0 Å². The molecule has 0 saturated carbocycles. The van der Waals surface area contributed by atoms with Crippen LogP contribution in [0, 0.1) is 5.92 Å². The maximum absolute atomic E-state index is 12.4. The summed E-state index contributed by atoms with van der Waals surface area (Å²) in [6.45, 7) is 0. The van der Waals surface area contributed by atoms with Crippen molar-refractivity contribution < 1.29 is 4.79 Å². The third-order valence-corrected chi connectivity index (χ3v) is 4.05. The number of rotatable bonds is 3. The van der Waals surface area contributed by atoms with Crippen LogP contribution in [0.3, 0.4) is 0 Å². The SMILES string of the molecule is CN(C)c1ccc(C[C@@H]2Cc3ccccc3C2=O)cc1. The molecule has 2 aromatic carbocycles. The zero-order chi connectivity index (χ0) is 14.1. The summed E-state index contributed by atoms with van der Waals surface area (Å²) in [6.07, 6.45) is 1.71. The zero-order valence-electron chi connectivity index (χ0n) is 12.0. The van der Waals surface area contributed by atoms with Crippen LogP contribution in [0.15, 0.2) is 48.5 Å². The van der Waals surface area contributed by atoms with E-state index in [1.807, 2.05) is 32.3 Å². The molecule has 102 valence electrons. The Balaban J connectivity index is 1.75. The third-order valence-electron chi connectivity index (χ3n) is 4.05. The largest absolute Gasteiger partial charge is 0.378 e. The quantitative estimate of drug-likeness (QED) is 0.848. The second-order valence-electron chi connectivity index (χ2n) is 5.69. The Morgan fingerprint density at radius 2 is 1.75 bits per heavy atom. The van der Waals surface area contributed by atoms with Crippen molar-refractivity contribution in [3.8, 4) is 0 Å².